The number of ether oxygens (including phenoxy) is 1. The van der Waals surface area contributed by atoms with E-state index >= 15 is 0 Å². The van der Waals surface area contributed by atoms with Crippen molar-refractivity contribution in [1.29, 1.82) is 0 Å². The Morgan fingerprint density at radius 1 is 1.10 bits per heavy atom. The molecule has 0 radical (unpaired) electrons. The van der Waals surface area contributed by atoms with Crippen molar-refractivity contribution >= 4 is 11.7 Å². The van der Waals surface area contributed by atoms with Gasteiger partial charge in [0.25, 0.3) is 0 Å². The lowest BCUT2D eigenvalue weighted by atomic mass is 10.2. The Hall–Kier alpha value is -3.28. The molecule has 1 heterocycles. The van der Waals surface area contributed by atoms with E-state index in [0.717, 1.165) is 49.4 Å². The summed E-state index contributed by atoms with van der Waals surface area (Å²) in [6.07, 6.45) is 4.97. The highest BCUT2D eigenvalue weighted by Gasteiger charge is 2.11. The predicted octanol–water partition coefficient (Wildman–Crippen LogP) is 5.59. The van der Waals surface area contributed by atoms with Crippen molar-refractivity contribution in [2.75, 3.05) is 25.5 Å². The summed E-state index contributed by atoms with van der Waals surface area (Å²) >= 11 is 0. The van der Waals surface area contributed by atoms with Crippen molar-refractivity contribution in [3.63, 3.8) is 0 Å². The molecule has 0 aliphatic heterocycles. The monoisotopic (exact) mass is 420 g/mol. The number of nitrogens with zero attached hydrogens (tertiary/aromatic N) is 3. The third-order valence-electron chi connectivity index (χ3n) is 5.17. The molecule has 0 aliphatic rings. The molecule has 1 N–H and O–H groups in total. The molecule has 0 atom stereocenters. The van der Waals surface area contributed by atoms with Gasteiger partial charge in [0.15, 0.2) is 0 Å². The second kappa shape index (κ2) is 11.2. The summed E-state index contributed by atoms with van der Waals surface area (Å²) in [5.74, 6) is 1.67. The van der Waals surface area contributed by atoms with Gasteiger partial charge in [0, 0.05) is 31.9 Å². The van der Waals surface area contributed by atoms with Gasteiger partial charge in [-0.2, -0.15) is 0 Å². The van der Waals surface area contributed by atoms with E-state index in [4.69, 9.17) is 4.74 Å². The first-order valence-electron chi connectivity index (χ1n) is 10.9. The molecule has 6 nitrogen and oxygen atoms in total. The number of hydrogen-bond donors (Lipinski definition) is 1. The predicted molar refractivity (Wildman–Crippen MR) is 126 cm³/mol. The van der Waals surface area contributed by atoms with Crippen LogP contribution in [-0.2, 0) is 6.54 Å². The number of aromatic nitrogens is 2. The second-order valence-corrected chi connectivity index (χ2v) is 7.64. The van der Waals surface area contributed by atoms with E-state index in [-0.39, 0.29) is 6.03 Å². The SMILES string of the molecule is CCCCN(C)C(=O)Nc1ccccc1OCCCn1cc(-c2ccccc2)nc1C. The maximum Gasteiger partial charge on any atom is 0.321 e. The Morgan fingerprint density at radius 3 is 2.61 bits per heavy atom. The van der Waals surface area contributed by atoms with Crippen LogP contribution in [0.1, 0.15) is 32.0 Å². The van der Waals surface area contributed by atoms with E-state index in [1.807, 2.05) is 56.4 Å². The Bertz CT molecular complexity index is 969. The summed E-state index contributed by atoms with van der Waals surface area (Å²) in [6.45, 7) is 6.24. The van der Waals surface area contributed by atoms with Crippen LogP contribution in [0.5, 0.6) is 5.75 Å². The number of anilines is 1. The fourth-order valence-corrected chi connectivity index (χ4v) is 3.30. The summed E-state index contributed by atoms with van der Waals surface area (Å²) in [5, 5.41) is 2.96. The maximum atomic E-state index is 12.4. The Labute approximate surface area is 184 Å². The third-order valence-corrected chi connectivity index (χ3v) is 5.17. The van der Waals surface area contributed by atoms with E-state index in [2.05, 4.69) is 40.1 Å². The van der Waals surface area contributed by atoms with E-state index in [1.165, 1.54) is 0 Å². The van der Waals surface area contributed by atoms with Crippen LogP contribution < -0.4 is 10.1 Å². The first kappa shape index (κ1) is 22.4. The highest BCUT2D eigenvalue weighted by molar-refractivity contribution is 5.90. The number of urea groups is 1. The van der Waals surface area contributed by atoms with Crippen molar-refractivity contribution in [2.45, 2.75) is 39.7 Å². The van der Waals surface area contributed by atoms with Crippen LogP contribution in [0.4, 0.5) is 10.5 Å². The van der Waals surface area contributed by atoms with Crippen LogP contribution in [0.25, 0.3) is 11.3 Å². The lowest BCUT2D eigenvalue weighted by Gasteiger charge is -2.19. The number of benzene rings is 2. The molecule has 0 bridgehead atoms. The molecule has 6 heteroatoms. The van der Waals surface area contributed by atoms with Crippen molar-refractivity contribution in [3.8, 4) is 17.0 Å². The number of nitrogens with one attached hydrogen (secondary N) is 1. The van der Waals surface area contributed by atoms with Crippen LogP contribution in [-0.4, -0.2) is 40.7 Å². The molecule has 0 fully saturated rings. The van der Waals surface area contributed by atoms with Gasteiger partial charge < -0.3 is 19.5 Å². The van der Waals surface area contributed by atoms with Crippen LogP contribution in [0, 0.1) is 6.92 Å². The van der Waals surface area contributed by atoms with Gasteiger partial charge in [-0.3, -0.25) is 0 Å². The summed E-state index contributed by atoms with van der Waals surface area (Å²) in [5.41, 5.74) is 2.80. The lowest BCUT2D eigenvalue weighted by molar-refractivity contribution is 0.221. The fourth-order valence-electron chi connectivity index (χ4n) is 3.30. The van der Waals surface area contributed by atoms with Gasteiger partial charge in [0.05, 0.1) is 18.0 Å². The fraction of sp³-hybridized carbons (Fsp3) is 0.360. The van der Waals surface area contributed by atoms with Gasteiger partial charge in [0.2, 0.25) is 0 Å². The van der Waals surface area contributed by atoms with Gasteiger partial charge in [-0.25, -0.2) is 9.78 Å². The number of para-hydroxylation sites is 2. The largest absolute Gasteiger partial charge is 0.491 e. The highest BCUT2D eigenvalue weighted by Crippen LogP contribution is 2.24. The van der Waals surface area contributed by atoms with Gasteiger partial charge in [-0.05, 0) is 31.9 Å². The minimum Gasteiger partial charge on any atom is -0.491 e. The molecule has 31 heavy (non-hydrogen) atoms. The summed E-state index contributed by atoms with van der Waals surface area (Å²) in [4.78, 5) is 18.8. The molecule has 0 saturated heterocycles. The number of carbonyl (C=O) groups excluding carboxylic acids is 1. The van der Waals surface area contributed by atoms with E-state index in [1.54, 1.807) is 4.90 Å². The molecule has 2 amide bonds. The van der Waals surface area contributed by atoms with Crippen LogP contribution >= 0.6 is 0 Å². The average molecular weight is 421 g/mol. The standard InChI is InChI=1S/C25H32N4O2/c1-4-5-16-28(3)25(30)27-22-14-9-10-15-24(22)31-18-11-17-29-19-23(26-20(29)2)21-12-7-6-8-13-21/h6-10,12-15,19H,4-5,11,16-18H2,1-3H3,(H,27,30). The van der Waals surface area contributed by atoms with Crippen LogP contribution in [0.2, 0.25) is 0 Å². The van der Waals surface area contributed by atoms with Gasteiger partial charge in [-0.15, -0.1) is 0 Å². The Balaban J connectivity index is 1.52. The lowest BCUT2D eigenvalue weighted by Crippen LogP contribution is -2.32. The van der Waals surface area contributed by atoms with E-state index < -0.39 is 0 Å². The minimum atomic E-state index is -0.119. The number of hydrogen-bond acceptors (Lipinski definition) is 3. The number of unbranched alkanes of at least 4 members (excludes halogenated alkanes) is 1. The molecule has 164 valence electrons. The second-order valence-electron chi connectivity index (χ2n) is 7.64. The molecule has 2 aromatic carbocycles. The molecule has 1 aromatic heterocycles. The smallest absolute Gasteiger partial charge is 0.321 e. The number of rotatable bonds is 10. The minimum absolute atomic E-state index is 0.119. The number of aryl methyl sites for hydroxylation is 2. The quantitative estimate of drug-likeness (QED) is 0.435. The zero-order valence-electron chi connectivity index (χ0n) is 18.7. The molecular formula is C25H32N4O2. The van der Waals surface area contributed by atoms with Crippen molar-refractivity contribution < 1.29 is 9.53 Å². The zero-order valence-corrected chi connectivity index (χ0v) is 18.7. The number of carbonyl (C=O) groups is 1. The van der Waals surface area contributed by atoms with Crippen molar-refractivity contribution in [2.24, 2.45) is 0 Å². The molecule has 0 aliphatic carbocycles. The molecule has 3 rings (SSSR count). The third kappa shape index (κ3) is 6.35. The Kier molecular flexibility index (Phi) is 8.10. The van der Waals surface area contributed by atoms with Crippen molar-refractivity contribution in [3.05, 3.63) is 66.6 Å². The molecule has 3 aromatic rings. The Morgan fingerprint density at radius 2 is 1.84 bits per heavy atom. The highest BCUT2D eigenvalue weighted by atomic mass is 16.5. The molecule has 0 spiro atoms. The van der Waals surface area contributed by atoms with Gasteiger partial charge >= 0.3 is 6.03 Å². The number of amides is 2. The normalized spacial score (nSPS) is 10.7. The van der Waals surface area contributed by atoms with Crippen molar-refractivity contribution in [1.82, 2.24) is 14.5 Å². The molecule has 0 unspecified atom stereocenters. The summed E-state index contributed by atoms with van der Waals surface area (Å²) in [7, 11) is 1.81. The topological polar surface area (TPSA) is 59.4 Å². The van der Waals surface area contributed by atoms with Crippen LogP contribution in [0.3, 0.4) is 0 Å². The first-order chi connectivity index (χ1) is 15.1. The first-order valence-corrected chi connectivity index (χ1v) is 10.9. The maximum absolute atomic E-state index is 12.4. The van der Waals surface area contributed by atoms with E-state index in [9.17, 15) is 4.79 Å². The van der Waals surface area contributed by atoms with Crippen LogP contribution in [0.15, 0.2) is 60.8 Å². The van der Waals surface area contributed by atoms with Gasteiger partial charge in [0.1, 0.15) is 11.6 Å². The van der Waals surface area contributed by atoms with Gasteiger partial charge in [-0.1, -0.05) is 55.8 Å². The zero-order chi connectivity index (χ0) is 22.1. The summed E-state index contributed by atoms with van der Waals surface area (Å²) < 4.78 is 8.14. The molecule has 0 saturated carbocycles. The molecular weight excluding hydrogens is 388 g/mol. The van der Waals surface area contributed by atoms with E-state index in [0.29, 0.717) is 18.0 Å². The number of imidazole rings is 1. The summed E-state index contributed by atoms with van der Waals surface area (Å²) in [6, 6.07) is 17.6. The average Bonchev–Trinajstić information content (AvgIpc) is 3.17.